The monoisotopic (exact) mass is 320 g/mol. The molecule has 2 aromatic heterocycles. The summed E-state index contributed by atoms with van der Waals surface area (Å²) < 4.78 is 2.45. The van der Waals surface area contributed by atoms with E-state index in [-0.39, 0.29) is 5.91 Å². The SMILES string of the molecule is CC1=CCN(C(=O)c2cnn3cc(Br)cnc23)CC1. The molecule has 0 aliphatic carbocycles. The summed E-state index contributed by atoms with van der Waals surface area (Å²) in [6.07, 6.45) is 8.08. The first-order valence-corrected chi connectivity index (χ1v) is 6.88. The fourth-order valence-corrected chi connectivity index (χ4v) is 2.42. The van der Waals surface area contributed by atoms with Crippen molar-refractivity contribution < 1.29 is 4.79 Å². The third kappa shape index (κ3) is 2.28. The van der Waals surface area contributed by atoms with E-state index in [1.54, 1.807) is 23.1 Å². The van der Waals surface area contributed by atoms with Crippen LogP contribution >= 0.6 is 15.9 Å². The van der Waals surface area contributed by atoms with Crippen LogP contribution in [0.1, 0.15) is 23.7 Å². The first-order chi connectivity index (χ1) is 9.15. The molecule has 1 aliphatic rings. The Bertz CT molecular complexity index is 676. The minimum atomic E-state index is -0.00595. The lowest BCUT2D eigenvalue weighted by molar-refractivity contribution is 0.0770. The molecule has 0 saturated carbocycles. The van der Waals surface area contributed by atoms with Gasteiger partial charge in [0, 0.05) is 25.5 Å². The molecule has 3 rings (SSSR count). The molecule has 3 heterocycles. The van der Waals surface area contributed by atoms with Crippen molar-refractivity contribution in [2.24, 2.45) is 0 Å². The molecule has 0 unspecified atom stereocenters. The molecule has 1 amide bonds. The van der Waals surface area contributed by atoms with Crippen molar-refractivity contribution in [2.75, 3.05) is 13.1 Å². The Morgan fingerprint density at radius 2 is 2.26 bits per heavy atom. The van der Waals surface area contributed by atoms with Crippen molar-refractivity contribution in [3.05, 3.63) is 40.3 Å². The number of nitrogens with zero attached hydrogens (tertiary/aromatic N) is 4. The summed E-state index contributed by atoms with van der Waals surface area (Å²) in [5.74, 6) is -0.00595. The molecular formula is C13H13BrN4O. The van der Waals surface area contributed by atoms with Gasteiger partial charge in [0.1, 0.15) is 5.56 Å². The zero-order valence-electron chi connectivity index (χ0n) is 10.5. The van der Waals surface area contributed by atoms with Crippen LogP contribution < -0.4 is 0 Å². The molecule has 1 aliphatic heterocycles. The van der Waals surface area contributed by atoms with Gasteiger partial charge in [0.25, 0.3) is 5.91 Å². The average molecular weight is 321 g/mol. The van der Waals surface area contributed by atoms with Gasteiger partial charge in [-0.25, -0.2) is 9.50 Å². The van der Waals surface area contributed by atoms with Crippen LogP contribution in [0.25, 0.3) is 5.65 Å². The molecule has 0 atom stereocenters. The van der Waals surface area contributed by atoms with E-state index in [2.05, 4.69) is 39.0 Å². The van der Waals surface area contributed by atoms with Gasteiger partial charge >= 0.3 is 0 Å². The van der Waals surface area contributed by atoms with Crippen molar-refractivity contribution >= 4 is 27.5 Å². The summed E-state index contributed by atoms with van der Waals surface area (Å²) in [6.45, 7) is 3.52. The maximum Gasteiger partial charge on any atom is 0.259 e. The van der Waals surface area contributed by atoms with Crippen LogP contribution in [0.15, 0.2) is 34.7 Å². The van der Waals surface area contributed by atoms with Gasteiger partial charge < -0.3 is 4.90 Å². The molecule has 0 fully saturated rings. The third-order valence-electron chi connectivity index (χ3n) is 3.28. The Morgan fingerprint density at radius 1 is 1.42 bits per heavy atom. The summed E-state index contributed by atoms with van der Waals surface area (Å²) in [5.41, 5.74) is 2.49. The Kier molecular flexibility index (Phi) is 3.10. The van der Waals surface area contributed by atoms with Gasteiger partial charge in [0.05, 0.1) is 10.7 Å². The number of halogens is 1. The second-order valence-electron chi connectivity index (χ2n) is 4.65. The van der Waals surface area contributed by atoms with E-state index in [0.717, 1.165) is 17.4 Å². The molecular weight excluding hydrogens is 308 g/mol. The quantitative estimate of drug-likeness (QED) is 0.757. The van der Waals surface area contributed by atoms with E-state index >= 15 is 0 Å². The van der Waals surface area contributed by atoms with Gasteiger partial charge in [-0.15, -0.1) is 0 Å². The molecule has 5 nitrogen and oxygen atoms in total. The van der Waals surface area contributed by atoms with Gasteiger partial charge in [-0.05, 0) is 29.3 Å². The highest BCUT2D eigenvalue weighted by atomic mass is 79.9. The van der Waals surface area contributed by atoms with Crippen LogP contribution in [0, 0.1) is 0 Å². The van der Waals surface area contributed by atoms with Crippen LogP contribution in [0.3, 0.4) is 0 Å². The summed E-state index contributed by atoms with van der Waals surface area (Å²) in [6, 6.07) is 0. The zero-order chi connectivity index (χ0) is 13.4. The second-order valence-corrected chi connectivity index (χ2v) is 5.57. The van der Waals surface area contributed by atoms with Crippen LogP contribution in [0.2, 0.25) is 0 Å². The van der Waals surface area contributed by atoms with E-state index in [1.807, 2.05) is 4.90 Å². The van der Waals surface area contributed by atoms with Gasteiger partial charge in [-0.3, -0.25) is 4.79 Å². The Labute approximate surface area is 119 Å². The molecule has 19 heavy (non-hydrogen) atoms. The predicted molar refractivity (Wildman–Crippen MR) is 75.0 cm³/mol. The van der Waals surface area contributed by atoms with Crippen molar-refractivity contribution in [2.45, 2.75) is 13.3 Å². The largest absolute Gasteiger partial charge is 0.334 e. The molecule has 0 N–H and O–H groups in total. The number of carbonyl (C=O) groups is 1. The molecule has 0 spiro atoms. The molecule has 0 aromatic carbocycles. The van der Waals surface area contributed by atoms with E-state index in [1.165, 1.54) is 5.57 Å². The molecule has 0 radical (unpaired) electrons. The first-order valence-electron chi connectivity index (χ1n) is 6.09. The highest BCUT2D eigenvalue weighted by Gasteiger charge is 2.21. The van der Waals surface area contributed by atoms with Crippen LogP contribution in [0.4, 0.5) is 0 Å². The summed E-state index contributed by atoms with van der Waals surface area (Å²) in [5, 5.41) is 4.17. The molecule has 2 aromatic rings. The highest BCUT2D eigenvalue weighted by Crippen LogP contribution is 2.17. The topological polar surface area (TPSA) is 50.5 Å². The van der Waals surface area contributed by atoms with Crippen molar-refractivity contribution in [1.82, 2.24) is 19.5 Å². The normalized spacial score (nSPS) is 15.7. The van der Waals surface area contributed by atoms with Gasteiger partial charge in [0.2, 0.25) is 0 Å². The summed E-state index contributed by atoms with van der Waals surface area (Å²) >= 11 is 3.34. The van der Waals surface area contributed by atoms with Gasteiger partial charge in [0.15, 0.2) is 5.65 Å². The van der Waals surface area contributed by atoms with E-state index in [4.69, 9.17) is 0 Å². The minimum absolute atomic E-state index is 0.00595. The van der Waals surface area contributed by atoms with Crippen LogP contribution in [0.5, 0.6) is 0 Å². The van der Waals surface area contributed by atoms with Crippen LogP contribution in [-0.4, -0.2) is 38.5 Å². The highest BCUT2D eigenvalue weighted by molar-refractivity contribution is 9.10. The number of fused-ring (bicyclic) bond motifs is 1. The fraction of sp³-hybridized carbons (Fsp3) is 0.308. The lowest BCUT2D eigenvalue weighted by Crippen LogP contribution is -2.34. The maximum atomic E-state index is 12.5. The van der Waals surface area contributed by atoms with E-state index in [0.29, 0.717) is 17.8 Å². The lowest BCUT2D eigenvalue weighted by Gasteiger charge is -2.24. The van der Waals surface area contributed by atoms with Crippen molar-refractivity contribution in [3.63, 3.8) is 0 Å². The molecule has 98 valence electrons. The average Bonchev–Trinajstić information content (AvgIpc) is 2.81. The number of carbonyl (C=O) groups excluding carboxylic acids is 1. The van der Waals surface area contributed by atoms with Gasteiger partial charge in [-0.1, -0.05) is 11.6 Å². The zero-order valence-corrected chi connectivity index (χ0v) is 12.1. The predicted octanol–water partition coefficient (Wildman–Crippen LogP) is 2.28. The minimum Gasteiger partial charge on any atom is -0.334 e. The first kappa shape index (κ1) is 12.3. The van der Waals surface area contributed by atoms with Crippen molar-refractivity contribution in [3.8, 4) is 0 Å². The molecule has 0 saturated heterocycles. The number of amides is 1. The second kappa shape index (κ2) is 4.77. The number of hydrogen-bond acceptors (Lipinski definition) is 3. The Morgan fingerprint density at radius 3 is 3.00 bits per heavy atom. The summed E-state index contributed by atoms with van der Waals surface area (Å²) in [4.78, 5) is 18.5. The number of hydrogen-bond donors (Lipinski definition) is 0. The van der Waals surface area contributed by atoms with Crippen molar-refractivity contribution in [1.29, 1.82) is 0 Å². The Balaban J connectivity index is 1.94. The standard InChI is InChI=1S/C13H13BrN4O/c1-9-2-4-17(5-3-9)13(19)11-7-16-18-8-10(14)6-15-12(11)18/h2,6-8H,3-5H2,1H3. The number of aromatic nitrogens is 3. The van der Waals surface area contributed by atoms with E-state index < -0.39 is 0 Å². The molecule has 6 heteroatoms. The Hall–Kier alpha value is -1.69. The smallest absolute Gasteiger partial charge is 0.259 e. The van der Waals surface area contributed by atoms with Gasteiger partial charge in [-0.2, -0.15) is 5.10 Å². The summed E-state index contributed by atoms with van der Waals surface area (Å²) in [7, 11) is 0. The fourth-order valence-electron chi connectivity index (χ4n) is 2.13. The van der Waals surface area contributed by atoms with Crippen LogP contribution in [-0.2, 0) is 0 Å². The maximum absolute atomic E-state index is 12.5. The van der Waals surface area contributed by atoms with E-state index in [9.17, 15) is 4.79 Å². The third-order valence-corrected chi connectivity index (χ3v) is 3.69. The number of rotatable bonds is 1. The molecule has 0 bridgehead atoms. The lowest BCUT2D eigenvalue weighted by atomic mass is 10.1.